The molecule has 0 radical (unpaired) electrons. The molecule has 0 aliphatic heterocycles. The van der Waals surface area contributed by atoms with Crippen molar-refractivity contribution in [2.45, 2.75) is 19.9 Å². The van der Waals surface area contributed by atoms with Crippen LogP contribution in [0.25, 0.3) is 0 Å². The van der Waals surface area contributed by atoms with E-state index in [1.165, 1.54) is 14.2 Å². The maximum Gasteiger partial charge on any atom is 0.251 e. The molecule has 0 bridgehead atoms. The highest BCUT2D eigenvalue weighted by atomic mass is 35.5. The molecule has 1 heterocycles. The van der Waals surface area contributed by atoms with Crippen LogP contribution in [-0.2, 0) is 17.8 Å². The minimum Gasteiger partial charge on any atom is -0.495 e. The van der Waals surface area contributed by atoms with Gasteiger partial charge in [0.2, 0.25) is 5.91 Å². The molecule has 2 aromatic carbocycles. The molecular weight excluding hydrogens is 441 g/mol. The number of ether oxygens (including phenoxy) is 1. The van der Waals surface area contributed by atoms with E-state index in [0.717, 1.165) is 11.3 Å². The number of carbonyl (C=O) groups is 2. The molecule has 31 heavy (non-hydrogen) atoms. The van der Waals surface area contributed by atoms with Crippen molar-refractivity contribution >= 4 is 40.7 Å². The highest BCUT2D eigenvalue weighted by Crippen LogP contribution is 2.26. The van der Waals surface area contributed by atoms with Gasteiger partial charge >= 0.3 is 0 Å². The Labute approximate surface area is 189 Å². The number of hydrogen-bond donors (Lipinski definition) is 2. The van der Waals surface area contributed by atoms with Crippen LogP contribution in [0.2, 0.25) is 10.0 Å². The number of aromatic nitrogens is 3. The summed E-state index contributed by atoms with van der Waals surface area (Å²) >= 11 is 12.0. The smallest absolute Gasteiger partial charge is 0.251 e. The molecule has 0 aliphatic rings. The van der Waals surface area contributed by atoms with E-state index < -0.39 is 0 Å². The number of amides is 2. The fraction of sp³-hybridized carbons (Fsp3) is 0.238. The van der Waals surface area contributed by atoms with Gasteiger partial charge in [0.25, 0.3) is 5.91 Å². The van der Waals surface area contributed by atoms with Gasteiger partial charge in [-0.05, 0) is 42.8 Å². The predicted molar refractivity (Wildman–Crippen MR) is 119 cm³/mol. The normalized spacial score (nSPS) is 10.6. The van der Waals surface area contributed by atoms with Crippen molar-refractivity contribution in [3.8, 4) is 5.75 Å². The second-order valence-electron chi connectivity index (χ2n) is 6.75. The van der Waals surface area contributed by atoms with Crippen molar-refractivity contribution < 1.29 is 14.3 Å². The first-order chi connectivity index (χ1) is 14.8. The molecule has 8 nitrogen and oxygen atoms in total. The monoisotopic (exact) mass is 461 g/mol. The summed E-state index contributed by atoms with van der Waals surface area (Å²) in [4.78, 5) is 24.5. The number of carbonyl (C=O) groups excluding carboxylic acids is 2. The zero-order valence-corrected chi connectivity index (χ0v) is 18.7. The molecule has 0 saturated carbocycles. The van der Waals surface area contributed by atoms with Gasteiger partial charge in [0, 0.05) is 12.6 Å². The quantitative estimate of drug-likeness (QED) is 0.560. The van der Waals surface area contributed by atoms with Crippen LogP contribution in [0.3, 0.4) is 0 Å². The van der Waals surface area contributed by atoms with Gasteiger partial charge in [-0.25, -0.2) is 4.68 Å². The van der Waals surface area contributed by atoms with E-state index >= 15 is 0 Å². The summed E-state index contributed by atoms with van der Waals surface area (Å²) < 4.78 is 6.97. The van der Waals surface area contributed by atoms with Gasteiger partial charge < -0.3 is 15.4 Å². The third-order valence-corrected chi connectivity index (χ3v) is 5.42. The molecule has 162 valence electrons. The van der Waals surface area contributed by atoms with E-state index in [4.69, 9.17) is 27.9 Å². The van der Waals surface area contributed by atoms with E-state index in [1.807, 2.05) is 13.0 Å². The minimum absolute atomic E-state index is 0.0144. The number of rotatable bonds is 7. The van der Waals surface area contributed by atoms with Gasteiger partial charge in [-0.1, -0.05) is 34.5 Å². The Hall–Kier alpha value is -3.10. The van der Waals surface area contributed by atoms with Gasteiger partial charge in [0.15, 0.2) is 0 Å². The van der Waals surface area contributed by atoms with Crippen molar-refractivity contribution in [1.82, 2.24) is 20.3 Å². The molecule has 3 rings (SSSR count). The summed E-state index contributed by atoms with van der Waals surface area (Å²) in [6.45, 7) is 2.28. The molecule has 0 unspecified atom stereocenters. The second-order valence-corrected chi connectivity index (χ2v) is 7.56. The average molecular weight is 462 g/mol. The Bertz CT molecular complexity index is 1130. The Balaban J connectivity index is 1.73. The number of halogens is 2. The minimum atomic E-state index is -0.308. The fourth-order valence-corrected chi connectivity index (χ4v) is 3.28. The molecule has 3 aromatic rings. The second kappa shape index (κ2) is 9.80. The first-order valence-corrected chi connectivity index (χ1v) is 10.1. The summed E-state index contributed by atoms with van der Waals surface area (Å²) in [5.74, 6) is -0.128. The highest BCUT2D eigenvalue weighted by molar-refractivity contribution is 6.42. The Morgan fingerprint density at radius 3 is 2.58 bits per heavy atom. The van der Waals surface area contributed by atoms with Crippen LogP contribution in [0.5, 0.6) is 5.75 Å². The number of hydrogen-bond acceptors (Lipinski definition) is 5. The van der Waals surface area contributed by atoms with Gasteiger partial charge in [0.1, 0.15) is 5.75 Å². The third-order valence-electron chi connectivity index (χ3n) is 4.69. The number of benzene rings is 2. The highest BCUT2D eigenvalue weighted by Gasteiger charge is 2.16. The molecule has 2 amide bonds. The molecular formula is C21H21Cl2N5O3. The number of methoxy groups -OCH3 is 1. The van der Waals surface area contributed by atoms with E-state index in [0.29, 0.717) is 39.3 Å². The molecule has 1 aromatic heterocycles. The van der Waals surface area contributed by atoms with Gasteiger partial charge in [-0.15, -0.1) is 5.10 Å². The molecule has 0 spiro atoms. The largest absolute Gasteiger partial charge is 0.495 e. The lowest BCUT2D eigenvalue weighted by Crippen LogP contribution is -2.19. The number of nitrogens with zero attached hydrogens (tertiary/aromatic N) is 3. The van der Waals surface area contributed by atoms with Crippen LogP contribution >= 0.6 is 23.2 Å². The van der Waals surface area contributed by atoms with E-state index in [1.54, 1.807) is 35.0 Å². The number of anilines is 1. The lowest BCUT2D eigenvalue weighted by Gasteiger charge is -2.11. The third kappa shape index (κ3) is 5.34. The van der Waals surface area contributed by atoms with Gasteiger partial charge in [0.05, 0.1) is 47.2 Å². The van der Waals surface area contributed by atoms with Crippen molar-refractivity contribution in [3.05, 3.63) is 69.0 Å². The Kier molecular flexibility index (Phi) is 7.14. The fourth-order valence-electron chi connectivity index (χ4n) is 2.96. The summed E-state index contributed by atoms with van der Waals surface area (Å²) in [6.07, 6.45) is 0.0144. The van der Waals surface area contributed by atoms with Crippen molar-refractivity contribution in [2.75, 3.05) is 19.5 Å². The molecule has 0 fully saturated rings. The van der Waals surface area contributed by atoms with Crippen LogP contribution in [0, 0.1) is 6.92 Å². The first-order valence-electron chi connectivity index (χ1n) is 9.35. The SMILES string of the molecule is CNC(=O)c1ccc(OC)c(NC(=O)Cc2nnn(Cc3ccc(Cl)c(Cl)c3)c2C)c1. The van der Waals surface area contributed by atoms with E-state index in [2.05, 4.69) is 20.9 Å². The molecule has 2 N–H and O–H groups in total. The average Bonchev–Trinajstić information content (AvgIpc) is 3.09. The molecule has 10 heteroatoms. The maximum absolute atomic E-state index is 12.6. The lowest BCUT2D eigenvalue weighted by atomic mass is 10.1. The standard InChI is InChI=1S/C21H21Cl2N5O3/c1-12-17(26-27-28(12)11-13-4-6-15(22)16(23)8-13)10-20(29)25-18-9-14(21(30)24-2)5-7-19(18)31-3/h4-9H,10-11H2,1-3H3,(H,24,30)(H,25,29). The zero-order valence-electron chi connectivity index (χ0n) is 17.2. The molecule has 0 aliphatic carbocycles. The number of nitrogens with one attached hydrogen (secondary N) is 2. The zero-order chi connectivity index (χ0) is 22.5. The summed E-state index contributed by atoms with van der Waals surface area (Å²) in [6, 6.07) is 10.1. The first kappa shape index (κ1) is 22.6. The van der Waals surface area contributed by atoms with Gasteiger partial charge in [-0.2, -0.15) is 0 Å². The Morgan fingerprint density at radius 2 is 1.90 bits per heavy atom. The van der Waals surface area contributed by atoms with E-state index in [9.17, 15) is 9.59 Å². The lowest BCUT2D eigenvalue weighted by molar-refractivity contribution is -0.115. The molecule has 0 atom stereocenters. The van der Waals surface area contributed by atoms with Crippen LogP contribution in [0.15, 0.2) is 36.4 Å². The predicted octanol–water partition coefficient (Wildman–Crippen LogP) is 3.49. The summed E-state index contributed by atoms with van der Waals surface area (Å²) in [5, 5.41) is 14.5. The molecule has 0 saturated heterocycles. The summed E-state index contributed by atoms with van der Waals surface area (Å²) in [7, 11) is 3.03. The topological polar surface area (TPSA) is 98.1 Å². The van der Waals surface area contributed by atoms with Crippen molar-refractivity contribution in [1.29, 1.82) is 0 Å². The van der Waals surface area contributed by atoms with Crippen molar-refractivity contribution in [3.63, 3.8) is 0 Å². The van der Waals surface area contributed by atoms with Crippen LogP contribution in [-0.4, -0.2) is 41.0 Å². The van der Waals surface area contributed by atoms with Crippen LogP contribution < -0.4 is 15.4 Å². The van der Waals surface area contributed by atoms with E-state index in [-0.39, 0.29) is 18.2 Å². The summed E-state index contributed by atoms with van der Waals surface area (Å²) in [5.41, 5.74) is 3.01. The Morgan fingerprint density at radius 1 is 1.13 bits per heavy atom. The van der Waals surface area contributed by atoms with Crippen molar-refractivity contribution in [2.24, 2.45) is 0 Å². The van der Waals surface area contributed by atoms with Gasteiger partial charge in [-0.3, -0.25) is 9.59 Å². The van der Waals surface area contributed by atoms with Crippen LogP contribution in [0.4, 0.5) is 5.69 Å². The van der Waals surface area contributed by atoms with Crippen LogP contribution in [0.1, 0.15) is 27.3 Å². The maximum atomic E-state index is 12.6.